The first-order valence-corrected chi connectivity index (χ1v) is 10.1. The van der Waals surface area contributed by atoms with E-state index in [-0.39, 0.29) is 0 Å². The highest BCUT2D eigenvalue weighted by Gasteiger charge is 2.24. The second-order valence-corrected chi connectivity index (χ2v) is 8.30. The van der Waals surface area contributed by atoms with E-state index in [1.54, 1.807) is 7.11 Å². The van der Waals surface area contributed by atoms with Gasteiger partial charge in [-0.05, 0) is 35.7 Å². The van der Waals surface area contributed by atoms with Crippen molar-refractivity contribution < 1.29 is 13.2 Å². The number of amidine groups is 1. The molecule has 136 valence electrons. The molecule has 1 heterocycles. The zero-order valence-electron chi connectivity index (χ0n) is 15.4. The molecule has 2 aromatic carbocycles. The molecule has 3 rings (SSSR count). The molecule has 0 aromatic heterocycles. The van der Waals surface area contributed by atoms with Crippen molar-refractivity contribution in [2.24, 2.45) is 4.99 Å². The number of nitrogens with zero attached hydrogens (tertiary/aromatic N) is 2. The van der Waals surface area contributed by atoms with Crippen molar-refractivity contribution >= 4 is 21.4 Å². The van der Waals surface area contributed by atoms with E-state index in [9.17, 15) is 8.42 Å². The zero-order chi connectivity index (χ0) is 18.9. The molecule has 1 aliphatic rings. The molecule has 26 heavy (non-hydrogen) atoms. The molecule has 6 heteroatoms. The quantitative estimate of drug-likeness (QED) is 0.833. The maximum atomic E-state index is 12.0. The van der Waals surface area contributed by atoms with Crippen LogP contribution in [0.5, 0.6) is 5.75 Å². The van der Waals surface area contributed by atoms with E-state index in [4.69, 9.17) is 4.74 Å². The maximum Gasteiger partial charge on any atom is 0.232 e. The number of hydrogen-bond donors (Lipinski definition) is 0. The Hall–Kier alpha value is -2.60. The van der Waals surface area contributed by atoms with E-state index in [2.05, 4.69) is 4.99 Å². The molecule has 0 N–H and O–H groups in total. The highest BCUT2D eigenvalue weighted by molar-refractivity contribution is 7.88. The second-order valence-electron chi connectivity index (χ2n) is 6.28. The summed E-state index contributed by atoms with van der Waals surface area (Å²) in [5.74, 6) is 1.22. The number of sulfonamides is 1. The minimum atomic E-state index is -3.39. The van der Waals surface area contributed by atoms with Gasteiger partial charge in [-0.15, -0.1) is 0 Å². The van der Waals surface area contributed by atoms with Gasteiger partial charge in [0.15, 0.2) is 0 Å². The van der Waals surface area contributed by atoms with E-state index in [1.807, 2.05) is 55.5 Å². The maximum absolute atomic E-state index is 12.0. The Bertz CT molecular complexity index is 993. The highest BCUT2D eigenvalue weighted by Crippen LogP contribution is 2.34. The molecule has 5 nitrogen and oxygen atoms in total. The fourth-order valence-corrected chi connectivity index (χ4v) is 3.57. The number of hydrogen-bond acceptors (Lipinski definition) is 4. The van der Waals surface area contributed by atoms with Gasteiger partial charge in [-0.2, -0.15) is 0 Å². The van der Waals surface area contributed by atoms with Gasteiger partial charge in [-0.1, -0.05) is 36.4 Å². The standard InChI is InChI=1S/C20H22N2O3S/c1-14-20(15-8-6-5-7-9-15)18-11-10-17(25-3)12-16(18)13-19(21-14)22(2)26(4,23)24/h5-12H,13H2,1-4H3. The predicted molar refractivity (Wildman–Crippen MR) is 105 cm³/mol. The summed E-state index contributed by atoms with van der Waals surface area (Å²) in [7, 11) is -0.237. The molecule has 0 bridgehead atoms. The van der Waals surface area contributed by atoms with Crippen LogP contribution in [-0.2, 0) is 16.4 Å². The van der Waals surface area contributed by atoms with Crippen LogP contribution in [0.15, 0.2) is 59.2 Å². The number of methoxy groups -OCH3 is 1. The lowest BCUT2D eigenvalue weighted by Crippen LogP contribution is -2.33. The van der Waals surface area contributed by atoms with E-state index in [0.29, 0.717) is 12.3 Å². The van der Waals surface area contributed by atoms with Crippen LogP contribution in [0.25, 0.3) is 5.57 Å². The number of ether oxygens (including phenoxy) is 1. The van der Waals surface area contributed by atoms with Crippen LogP contribution >= 0.6 is 0 Å². The van der Waals surface area contributed by atoms with Gasteiger partial charge < -0.3 is 4.74 Å². The number of aliphatic imine (C=N–C) groups is 1. The summed E-state index contributed by atoms with van der Waals surface area (Å²) in [6, 6.07) is 15.9. The summed E-state index contributed by atoms with van der Waals surface area (Å²) in [6.07, 6.45) is 1.59. The van der Waals surface area contributed by atoms with E-state index in [0.717, 1.165) is 33.7 Å². The molecular weight excluding hydrogens is 348 g/mol. The smallest absolute Gasteiger partial charge is 0.232 e. The van der Waals surface area contributed by atoms with Gasteiger partial charge >= 0.3 is 0 Å². The molecule has 0 unspecified atom stereocenters. The van der Waals surface area contributed by atoms with Crippen molar-refractivity contribution in [3.63, 3.8) is 0 Å². The van der Waals surface area contributed by atoms with E-state index < -0.39 is 10.0 Å². The first-order valence-electron chi connectivity index (χ1n) is 8.26. The van der Waals surface area contributed by atoms with E-state index >= 15 is 0 Å². The van der Waals surface area contributed by atoms with Gasteiger partial charge in [-0.25, -0.2) is 13.4 Å². The fraction of sp³-hybridized carbons (Fsp3) is 0.250. The van der Waals surface area contributed by atoms with Crippen LogP contribution in [-0.4, -0.2) is 39.0 Å². The minimum Gasteiger partial charge on any atom is -0.497 e. The Kier molecular flexibility index (Phi) is 4.87. The van der Waals surface area contributed by atoms with Gasteiger partial charge in [0.25, 0.3) is 0 Å². The molecule has 0 saturated heterocycles. The van der Waals surface area contributed by atoms with Gasteiger partial charge in [0.1, 0.15) is 11.6 Å². The fourth-order valence-electron chi connectivity index (χ4n) is 3.08. The molecular formula is C20H22N2O3S. The average molecular weight is 370 g/mol. The van der Waals surface area contributed by atoms with Crippen LogP contribution in [0.4, 0.5) is 0 Å². The van der Waals surface area contributed by atoms with Crippen molar-refractivity contribution in [3.8, 4) is 5.75 Å². The third-order valence-corrected chi connectivity index (χ3v) is 5.72. The van der Waals surface area contributed by atoms with Crippen LogP contribution < -0.4 is 4.74 Å². The number of allylic oxidation sites excluding steroid dienone is 1. The highest BCUT2D eigenvalue weighted by atomic mass is 32.2. The van der Waals surface area contributed by atoms with Crippen molar-refractivity contribution in [2.75, 3.05) is 20.4 Å². The molecule has 0 aliphatic carbocycles. The first-order chi connectivity index (χ1) is 12.3. The molecule has 0 fully saturated rings. The summed E-state index contributed by atoms with van der Waals surface area (Å²) in [6.45, 7) is 1.91. The molecule has 0 amide bonds. The Morgan fingerprint density at radius 3 is 2.42 bits per heavy atom. The second kappa shape index (κ2) is 6.96. The van der Waals surface area contributed by atoms with Gasteiger partial charge in [-0.3, -0.25) is 4.31 Å². The number of benzene rings is 2. The summed E-state index contributed by atoms with van der Waals surface area (Å²) in [4.78, 5) is 4.67. The lowest BCUT2D eigenvalue weighted by atomic mass is 9.92. The van der Waals surface area contributed by atoms with Crippen molar-refractivity contribution in [2.45, 2.75) is 13.3 Å². The lowest BCUT2D eigenvalue weighted by molar-refractivity contribution is 0.414. The summed E-state index contributed by atoms with van der Waals surface area (Å²) in [5, 5.41) is 0. The molecule has 0 atom stereocenters. The summed E-state index contributed by atoms with van der Waals surface area (Å²) < 4.78 is 30.7. The minimum absolute atomic E-state index is 0.407. The lowest BCUT2D eigenvalue weighted by Gasteiger charge is -2.19. The monoisotopic (exact) mass is 370 g/mol. The Labute approximate surface area is 154 Å². The molecule has 1 aliphatic heterocycles. The van der Waals surface area contributed by atoms with Crippen molar-refractivity contribution in [1.29, 1.82) is 0 Å². The van der Waals surface area contributed by atoms with Crippen molar-refractivity contribution in [3.05, 3.63) is 70.9 Å². The number of rotatable bonds is 3. The third kappa shape index (κ3) is 3.51. The topological polar surface area (TPSA) is 59.0 Å². The van der Waals surface area contributed by atoms with Gasteiger partial charge in [0.2, 0.25) is 10.0 Å². The number of fused-ring (bicyclic) bond motifs is 1. The average Bonchev–Trinajstić information content (AvgIpc) is 2.76. The molecule has 0 radical (unpaired) electrons. The number of likely N-dealkylation sites (N-methyl/N-ethyl adjacent to an activating group) is 1. The largest absolute Gasteiger partial charge is 0.497 e. The van der Waals surface area contributed by atoms with Crippen LogP contribution in [0.1, 0.15) is 23.6 Å². The first kappa shape index (κ1) is 18.2. The SMILES string of the molecule is COc1ccc2c(c1)CC(N(C)S(C)(=O)=O)=NC(C)=C2c1ccccc1. The van der Waals surface area contributed by atoms with Gasteiger partial charge in [0.05, 0.1) is 13.4 Å². The predicted octanol–water partition coefficient (Wildman–Crippen LogP) is 3.32. The van der Waals surface area contributed by atoms with Crippen LogP contribution in [0, 0.1) is 0 Å². The third-order valence-electron chi connectivity index (χ3n) is 4.51. The van der Waals surface area contributed by atoms with Crippen molar-refractivity contribution in [1.82, 2.24) is 4.31 Å². The summed E-state index contributed by atoms with van der Waals surface area (Å²) >= 11 is 0. The molecule has 0 saturated carbocycles. The normalized spacial score (nSPS) is 14.4. The van der Waals surface area contributed by atoms with Crippen LogP contribution in [0.2, 0.25) is 0 Å². The molecule has 0 spiro atoms. The van der Waals surface area contributed by atoms with Crippen LogP contribution in [0.3, 0.4) is 0 Å². The Morgan fingerprint density at radius 1 is 1.12 bits per heavy atom. The summed E-state index contributed by atoms with van der Waals surface area (Å²) in [5.41, 5.74) is 4.85. The van der Waals surface area contributed by atoms with E-state index in [1.165, 1.54) is 17.6 Å². The zero-order valence-corrected chi connectivity index (χ0v) is 16.2. The Balaban J connectivity index is 2.26. The molecule has 2 aromatic rings. The Morgan fingerprint density at radius 2 is 1.81 bits per heavy atom. The van der Waals surface area contributed by atoms with Gasteiger partial charge in [0, 0.05) is 24.7 Å².